The summed E-state index contributed by atoms with van der Waals surface area (Å²) in [5, 5.41) is 6.87. The third kappa shape index (κ3) is 2.87. The fourth-order valence-electron chi connectivity index (χ4n) is 1.82. The van der Waals surface area contributed by atoms with Crippen LogP contribution in [0.5, 0.6) is 0 Å². The van der Waals surface area contributed by atoms with Crippen LogP contribution >= 0.6 is 0 Å². The van der Waals surface area contributed by atoms with Gasteiger partial charge in [0.25, 0.3) is 5.56 Å². The Bertz CT molecular complexity index is 715. The van der Waals surface area contributed by atoms with Gasteiger partial charge in [-0.3, -0.25) is 9.36 Å². The standard InChI is InChI=1S/C13H17N5O2/c1-17-12(19)11(16-18(2)13(17)20)15-8-7-9-3-5-10(14)6-4-9/h3-6H,7-8,14H2,1-2H3,(H,15,16). The average Bonchev–Trinajstić information content (AvgIpc) is 2.44. The lowest BCUT2D eigenvalue weighted by molar-refractivity contribution is 0.604. The zero-order valence-corrected chi connectivity index (χ0v) is 11.5. The number of benzene rings is 1. The van der Waals surface area contributed by atoms with Crippen molar-refractivity contribution in [3.63, 3.8) is 0 Å². The van der Waals surface area contributed by atoms with E-state index in [4.69, 9.17) is 5.73 Å². The fourth-order valence-corrected chi connectivity index (χ4v) is 1.82. The van der Waals surface area contributed by atoms with Gasteiger partial charge < -0.3 is 11.1 Å². The van der Waals surface area contributed by atoms with Gasteiger partial charge in [0.15, 0.2) is 0 Å². The minimum Gasteiger partial charge on any atom is -0.399 e. The van der Waals surface area contributed by atoms with E-state index in [1.54, 1.807) is 0 Å². The SMILES string of the molecule is Cn1nc(NCCc2ccc(N)cc2)c(=O)n(C)c1=O. The Labute approximate surface area is 115 Å². The van der Waals surface area contributed by atoms with Crippen molar-refractivity contribution in [2.75, 3.05) is 17.6 Å². The fraction of sp³-hybridized carbons (Fsp3) is 0.308. The minimum absolute atomic E-state index is 0.171. The smallest absolute Gasteiger partial charge is 0.346 e. The third-order valence-corrected chi connectivity index (χ3v) is 3.01. The topological polar surface area (TPSA) is 94.9 Å². The molecule has 0 saturated heterocycles. The molecule has 1 aromatic carbocycles. The number of nitrogen functional groups attached to an aromatic ring is 1. The summed E-state index contributed by atoms with van der Waals surface area (Å²) >= 11 is 0. The van der Waals surface area contributed by atoms with Gasteiger partial charge in [0.05, 0.1) is 0 Å². The largest absolute Gasteiger partial charge is 0.399 e. The van der Waals surface area contributed by atoms with Gasteiger partial charge in [-0.25, -0.2) is 9.48 Å². The first kappa shape index (κ1) is 13.9. The lowest BCUT2D eigenvalue weighted by Gasteiger charge is -2.08. The zero-order chi connectivity index (χ0) is 14.7. The molecule has 0 radical (unpaired) electrons. The van der Waals surface area contributed by atoms with Crippen molar-refractivity contribution >= 4 is 11.5 Å². The highest BCUT2D eigenvalue weighted by molar-refractivity contribution is 5.39. The summed E-state index contributed by atoms with van der Waals surface area (Å²) in [7, 11) is 2.93. The van der Waals surface area contributed by atoms with Crippen molar-refractivity contribution in [3.8, 4) is 0 Å². The van der Waals surface area contributed by atoms with Gasteiger partial charge in [0.2, 0.25) is 5.82 Å². The van der Waals surface area contributed by atoms with Gasteiger partial charge >= 0.3 is 5.69 Å². The molecule has 1 heterocycles. The van der Waals surface area contributed by atoms with Gasteiger partial charge in [-0.2, -0.15) is 0 Å². The van der Waals surface area contributed by atoms with E-state index in [0.717, 1.165) is 26.9 Å². The molecule has 0 bridgehead atoms. The number of hydrogen-bond acceptors (Lipinski definition) is 5. The Hall–Kier alpha value is -2.57. The van der Waals surface area contributed by atoms with Crippen LogP contribution in [-0.4, -0.2) is 20.9 Å². The van der Waals surface area contributed by atoms with Crippen LogP contribution < -0.4 is 22.3 Å². The lowest BCUT2D eigenvalue weighted by Crippen LogP contribution is -2.40. The van der Waals surface area contributed by atoms with Gasteiger partial charge in [-0.15, -0.1) is 5.10 Å². The molecule has 0 fully saturated rings. The Morgan fingerprint density at radius 3 is 2.50 bits per heavy atom. The predicted octanol–water partition coefficient (Wildman–Crippen LogP) is -0.284. The molecule has 7 nitrogen and oxygen atoms in total. The maximum absolute atomic E-state index is 11.8. The summed E-state index contributed by atoms with van der Waals surface area (Å²) in [6, 6.07) is 7.53. The lowest BCUT2D eigenvalue weighted by atomic mass is 10.1. The number of nitrogens with zero attached hydrogens (tertiary/aromatic N) is 3. The Kier molecular flexibility index (Phi) is 3.88. The van der Waals surface area contributed by atoms with E-state index in [1.165, 1.54) is 14.1 Å². The highest BCUT2D eigenvalue weighted by atomic mass is 16.2. The van der Waals surface area contributed by atoms with E-state index in [9.17, 15) is 9.59 Å². The monoisotopic (exact) mass is 275 g/mol. The van der Waals surface area contributed by atoms with Crippen molar-refractivity contribution in [2.45, 2.75) is 6.42 Å². The van der Waals surface area contributed by atoms with E-state index in [2.05, 4.69) is 10.4 Å². The van der Waals surface area contributed by atoms with E-state index in [1.807, 2.05) is 24.3 Å². The van der Waals surface area contributed by atoms with Gasteiger partial charge in [0.1, 0.15) is 0 Å². The van der Waals surface area contributed by atoms with Crippen LogP contribution in [-0.2, 0) is 20.5 Å². The predicted molar refractivity (Wildman–Crippen MR) is 77.8 cm³/mol. The molecule has 0 saturated carbocycles. The number of aryl methyl sites for hydroxylation is 1. The van der Waals surface area contributed by atoms with Gasteiger partial charge in [-0.1, -0.05) is 12.1 Å². The molecule has 1 aromatic heterocycles. The first-order valence-electron chi connectivity index (χ1n) is 6.21. The van der Waals surface area contributed by atoms with Crippen LogP contribution in [0, 0.1) is 0 Å². The number of anilines is 2. The number of nitrogens with two attached hydrogens (primary N) is 1. The number of nitrogens with one attached hydrogen (secondary N) is 1. The molecule has 0 atom stereocenters. The molecule has 0 amide bonds. The maximum atomic E-state index is 11.8. The Morgan fingerprint density at radius 1 is 1.20 bits per heavy atom. The number of hydrogen-bond donors (Lipinski definition) is 2. The summed E-state index contributed by atoms with van der Waals surface area (Å²) in [6.45, 7) is 0.546. The van der Waals surface area contributed by atoms with E-state index >= 15 is 0 Å². The normalized spacial score (nSPS) is 10.5. The van der Waals surface area contributed by atoms with Crippen LogP contribution in [0.25, 0.3) is 0 Å². The molecular formula is C13H17N5O2. The number of aromatic nitrogens is 3. The van der Waals surface area contributed by atoms with Crippen LogP contribution in [0.1, 0.15) is 5.56 Å². The second kappa shape index (κ2) is 5.60. The molecular weight excluding hydrogens is 258 g/mol. The van der Waals surface area contributed by atoms with E-state index in [0.29, 0.717) is 6.54 Å². The van der Waals surface area contributed by atoms with Crippen LogP contribution in [0.3, 0.4) is 0 Å². The van der Waals surface area contributed by atoms with Crippen LogP contribution in [0.15, 0.2) is 33.9 Å². The summed E-state index contributed by atoms with van der Waals surface area (Å²) in [5.41, 5.74) is 6.56. The molecule has 0 unspecified atom stereocenters. The molecule has 7 heteroatoms. The Balaban J connectivity index is 2.07. The van der Waals surface area contributed by atoms with Crippen molar-refractivity contribution in [1.82, 2.24) is 14.3 Å². The van der Waals surface area contributed by atoms with Crippen molar-refractivity contribution in [2.24, 2.45) is 14.1 Å². The summed E-state index contributed by atoms with van der Waals surface area (Å²) in [5.74, 6) is 0.171. The van der Waals surface area contributed by atoms with Crippen molar-refractivity contribution in [1.29, 1.82) is 0 Å². The molecule has 3 N–H and O–H groups in total. The molecule has 2 rings (SSSR count). The quantitative estimate of drug-likeness (QED) is 0.748. The summed E-state index contributed by atoms with van der Waals surface area (Å²) < 4.78 is 2.16. The first-order valence-corrected chi connectivity index (χ1v) is 6.21. The second-order valence-corrected chi connectivity index (χ2v) is 4.54. The maximum Gasteiger partial charge on any atom is 0.346 e. The molecule has 0 aliphatic rings. The second-order valence-electron chi connectivity index (χ2n) is 4.54. The highest BCUT2D eigenvalue weighted by Gasteiger charge is 2.07. The summed E-state index contributed by atoms with van der Waals surface area (Å²) in [4.78, 5) is 23.3. The van der Waals surface area contributed by atoms with E-state index < -0.39 is 11.2 Å². The average molecular weight is 275 g/mol. The third-order valence-electron chi connectivity index (χ3n) is 3.01. The molecule has 20 heavy (non-hydrogen) atoms. The van der Waals surface area contributed by atoms with Crippen LogP contribution in [0.2, 0.25) is 0 Å². The first-order chi connectivity index (χ1) is 9.49. The Morgan fingerprint density at radius 2 is 1.85 bits per heavy atom. The zero-order valence-electron chi connectivity index (χ0n) is 11.5. The summed E-state index contributed by atoms with van der Waals surface area (Å²) in [6.07, 6.45) is 0.730. The molecule has 0 spiro atoms. The van der Waals surface area contributed by atoms with E-state index in [-0.39, 0.29) is 5.82 Å². The van der Waals surface area contributed by atoms with Gasteiger partial charge in [-0.05, 0) is 24.1 Å². The molecule has 106 valence electrons. The molecule has 0 aliphatic carbocycles. The van der Waals surface area contributed by atoms with Crippen molar-refractivity contribution < 1.29 is 0 Å². The molecule has 2 aromatic rings. The van der Waals surface area contributed by atoms with Crippen molar-refractivity contribution in [3.05, 3.63) is 50.7 Å². The highest BCUT2D eigenvalue weighted by Crippen LogP contribution is 2.06. The minimum atomic E-state index is -0.445. The van der Waals surface area contributed by atoms with Gasteiger partial charge in [0, 0.05) is 26.3 Å². The van der Waals surface area contributed by atoms with Crippen LogP contribution in [0.4, 0.5) is 11.5 Å². The molecule has 0 aliphatic heterocycles. The number of rotatable bonds is 4.